The number of hydrogen-bond donors (Lipinski definition) is 2. The molecule has 0 heterocycles. The molecule has 3 N–H and O–H groups in total. The maximum absolute atomic E-state index is 5.91. The Kier molecular flexibility index (Phi) is 11.2. The van der Waals surface area contributed by atoms with Gasteiger partial charge in [-0.1, -0.05) is 6.07 Å². The molecule has 0 saturated carbocycles. The first-order valence-corrected chi connectivity index (χ1v) is 7.34. The number of benzene rings is 1. The van der Waals surface area contributed by atoms with Crippen molar-refractivity contribution in [1.82, 2.24) is 4.90 Å². The maximum Gasteiger partial charge on any atom is 0.193 e. The van der Waals surface area contributed by atoms with Gasteiger partial charge < -0.3 is 20.7 Å². The largest absolute Gasteiger partial charge is 0.383 e. The number of aliphatic imine (C=N–C) groups is 1. The summed E-state index contributed by atoms with van der Waals surface area (Å²) in [6, 6.07) is 6.26. The Morgan fingerprint density at radius 1 is 1.23 bits per heavy atom. The number of halogens is 1. The predicted octanol–water partition coefficient (Wildman–Crippen LogP) is 2.62. The molecule has 0 atom stereocenters. The van der Waals surface area contributed by atoms with Crippen LogP contribution in [0.15, 0.2) is 23.2 Å². The van der Waals surface area contributed by atoms with E-state index < -0.39 is 0 Å². The molecule has 0 amide bonds. The van der Waals surface area contributed by atoms with Crippen LogP contribution in [0.3, 0.4) is 0 Å². The van der Waals surface area contributed by atoms with Crippen molar-refractivity contribution < 1.29 is 4.74 Å². The molecule has 6 heteroatoms. The van der Waals surface area contributed by atoms with Gasteiger partial charge in [-0.2, -0.15) is 0 Å². The fraction of sp³-hybridized carbons (Fsp3) is 0.562. The number of nitrogens with two attached hydrogens (primary N) is 1. The molecule has 0 aliphatic heterocycles. The molecule has 0 aromatic heterocycles. The summed E-state index contributed by atoms with van der Waals surface area (Å²) in [6.07, 6.45) is 0.982. The van der Waals surface area contributed by atoms with E-state index in [1.807, 2.05) is 0 Å². The van der Waals surface area contributed by atoms with Gasteiger partial charge in [-0.15, -0.1) is 24.0 Å². The molecular formula is C16H29IN4O. The van der Waals surface area contributed by atoms with Gasteiger partial charge in [0.1, 0.15) is 0 Å². The standard InChI is InChI=1S/C16H28N4O.HI/c1-13-10-14(2)12-15(11-13)19-16(17)18-6-5-7-20(3)8-9-21-4;/h10-12H,5-9H2,1-4H3,(H3,17,18,19);1H. The van der Waals surface area contributed by atoms with Gasteiger partial charge in [0.25, 0.3) is 0 Å². The maximum atomic E-state index is 5.91. The zero-order valence-corrected chi connectivity index (χ0v) is 16.4. The Hall–Kier alpha value is -0.860. The zero-order chi connectivity index (χ0) is 15.7. The van der Waals surface area contributed by atoms with Crippen molar-refractivity contribution in [1.29, 1.82) is 0 Å². The number of nitrogens with one attached hydrogen (secondary N) is 1. The predicted molar refractivity (Wildman–Crippen MR) is 105 cm³/mol. The van der Waals surface area contributed by atoms with Gasteiger partial charge in [-0.05, 0) is 57.1 Å². The van der Waals surface area contributed by atoms with Crippen LogP contribution in [0, 0.1) is 13.8 Å². The fourth-order valence-electron chi connectivity index (χ4n) is 2.13. The van der Waals surface area contributed by atoms with Crippen molar-refractivity contribution in [3.05, 3.63) is 29.3 Å². The van der Waals surface area contributed by atoms with Crippen LogP contribution < -0.4 is 11.1 Å². The topological polar surface area (TPSA) is 62.9 Å². The third-order valence-corrected chi connectivity index (χ3v) is 3.15. The number of hydrogen-bond acceptors (Lipinski definition) is 3. The van der Waals surface area contributed by atoms with Crippen molar-refractivity contribution >= 4 is 35.6 Å². The van der Waals surface area contributed by atoms with E-state index >= 15 is 0 Å². The number of rotatable bonds is 8. The molecule has 0 fully saturated rings. The first-order valence-electron chi connectivity index (χ1n) is 7.34. The minimum absolute atomic E-state index is 0. The van der Waals surface area contributed by atoms with Crippen molar-refractivity contribution in [3.8, 4) is 0 Å². The normalized spacial score (nSPS) is 11.4. The lowest BCUT2D eigenvalue weighted by molar-refractivity contribution is 0.161. The van der Waals surface area contributed by atoms with Gasteiger partial charge in [0.05, 0.1) is 6.61 Å². The highest BCUT2D eigenvalue weighted by Crippen LogP contribution is 2.13. The molecule has 0 aliphatic carbocycles. The van der Waals surface area contributed by atoms with E-state index in [1.54, 1.807) is 7.11 Å². The summed E-state index contributed by atoms with van der Waals surface area (Å²) < 4.78 is 5.04. The lowest BCUT2D eigenvalue weighted by Crippen LogP contribution is -2.25. The van der Waals surface area contributed by atoms with E-state index in [2.05, 4.69) is 54.3 Å². The molecule has 0 radical (unpaired) electrons. The third-order valence-electron chi connectivity index (χ3n) is 3.15. The molecule has 0 bridgehead atoms. The second-order valence-electron chi connectivity index (χ2n) is 5.42. The molecule has 1 rings (SSSR count). The number of likely N-dealkylation sites (N-methyl/N-ethyl adjacent to an activating group) is 1. The van der Waals surface area contributed by atoms with Crippen LogP contribution in [0.5, 0.6) is 0 Å². The SMILES string of the molecule is COCCN(C)CCCN=C(N)Nc1cc(C)cc(C)c1.I. The minimum Gasteiger partial charge on any atom is -0.383 e. The Morgan fingerprint density at radius 3 is 2.45 bits per heavy atom. The quantitative estimate of drug-likeness (QED) is 0.294. The van der Waals surface area contributed by atoms with Crippen molar-refractivity contribution in [2.45, 2.75) is 20.3 Å². The van der Waals surface area contributed by atoms with E-state index in [0.717, 1.165) is 38.3 Å². The number of methoxy groups -OCH3 is 1. The van der Waals surface area contributed by atoms with Crippen molar-refractivity contribution in [2.75, 3.05) is 45.7 Å². The second-order valence-corrected chi connectivity index (χ2v) is 5.42. The van der Waals surface area contributed by atoms with Gasteiger partial charge in [-0.3, -0.25) is 4.99 Å². The average Bonchev–Trinajstić information content (AvgIpc) is 2.40. The first kappa shape index (κ1) is 21.1. The molecule has 1 aromatic rings. The Labute approximate surface area is 151 Å². The van der Waals surface area contributed by atoms with Crippen LogP contribution in [0.2, 0.25) is 0 Å². The van der Waals surface area contributed by atoms with E-state index in [-0.39, 0.29) is 24.0 Å². The average molecular weight is 420 g/mol. The lowest BCUT2D eigenvalue weighted by Gasteiger charge is -2.15. The van der Waals surface area contributed by atoms with Crippen LogP contribution in [0.4, 0.5) is 5.69 Å². The van der Waals surface area contributed by atoms with E-state index in [1.165, 1.54) is 11.1 Å². The van der Waals surface area contributed by atoms with Gasteiger partial charge in [0.2, 0.25) is 0 Å². The lowest BCUT2D eigenvalue weighted by atomic mass is 10.1. The number of nitrogens with zero attached hydrogens (tertiary/aromatic N) is 2. The molecular weight excluding hydrogens is 391 g/mol. The molecule has 5 nitrogen and oxygen atoms in total. The zero-order valence-electron chi connectivity index (χ0n) is 14.1. The van der Waals surface area contributed by atoms with Crippen molar-refractivity contribution in [2.24, 2.45) is 10.7 Å². The van der Waals surface area contributed by atoms with Gasteiger partial charge in [0, 0.05) is 25.9 Å². The number of ether oxygens (including phenoxy) is 1. The summed E-state index contributed by atoms with van der Waals surface area (Å²) in [7, 11) is 3.80. The van der Waals surface area contributed by atoms with Gasteiger partial charge >= 0.3 is 0 Å². The smallest absolute Gasteiger partial charge is 0.193 e. The molecule has 0 spiro atoms. The van der Waals surface area contributed by atoms with Crippen LogP contribution in [-0.4, -0.2) is 51.3 Å². The van der Waals surface area contributed by atoms with Crippen molar-refractivity contribution in [3.63, 3.8) is 0 Å². The van der Waals surface area contributed by atoms with E-state index in [0.29, 0.717) is 5.96 Å². The van der Waals surface area contributed by atoms with Crippen LogP contribution in [0.25, 0.3) is 0 Å². The number of aryl methyl sites for hydroxylation is 2. The van der Waals surface area contributed by atoms with E-state index in [4.69, 9.17) is 10.5 Å². The van der Waals surface area contributed by atoms with Gasteiger partial charge in [-0.25, -0.2) is 0 Å². The van der Waals surface area contributed by atoms with Crippen LogP contribution in [0.1, 0.15) is 17.5 Å². The number of anilines is 1. The second kappa shape index (κ2) is 11.7. The minimum atomic E-state index is 0. The highest BCUT2D eigenvalue weighted by atomic mass is 127. The molecule has 0 aliphatic rings. The van der Waals surface area contributed by atoms with Crippen LogP contribution >= 0.6 is 24.0 Å². The van der Waals surface area contributed by atoms with Crippen LogP contribution in [-0.2, 0) is 4.74 Å². The Morgan fingerprint density at radius 2 is 1.86 bits per heavy atom. The highest BCUT2D eigenvalue weighted by molar-refractivity contribution is 14.0. The third kappa shape index (κ3) is 9.22. The summed E-state index contributed by atoms with van der Waals surface area (Å²) >= 11 is 0. The summed E-state index contributed by atoms with van der Waals surface area (Å²) in [5.74, 6) is 0.472. The summed E-state index contributed by atoms with van der Waals surface area (Å²) in [5.41, 5.74) is 9.33. The summed E-state index contributed by atoms with van der Waals surface area (Å²) in [4.78, 5) is 6.59. The summed E-state index contributed by atoms with van der Waals surface area (Å²) in [6.45, 7) is 7.56. The fourth-order valence-corrected chi connectivity index (χ4v) is 2.13. The molecule has 0 saturated heterocycles. The summed E-state index contributed by atoms with van der Waals surface area (Å²) in [5, 5.41) is 3.14. The number of guanidine groups is 1. The Bertz CT molecular complexity index is 445. The van der Waals surface area contributed by atoms with Gasteiger partial charge in [0.15, 0.2) is 5.96 Å². The monoisotopic (exact) mass is 420 g/mol. The molecule has 22 heavy (non-hydrogen) atoms. The molecule has 126 valence electrons. The highest BCUT2D eigenvalue weighted by Gasteiger charge is 1.99. The molecule has 0 unspecified atom stereocenters. The Balaban J connectivity index is 0.00000441. The van der Waals surface area contributed by atoms with E-state index in [9.17, 15) is 0 Å². The molecule has 1 aromatic carbocycles. The first-order chi connectivity index (χ1) is 10.0.